The van der Waals surface area contributed by atoms with Gasteiger partial charge in [0.05, 0.1) is 18.0 Å². The summed E-state index contributed by atoms with van der Waals surface area (Å²) in [6.07, 6.45) is 0.00755. The topological polar surface area (TPSA) is 68.5 Å². The third-order valence-electron chi connectivity index (χ3n) is 5.05. The Morgan fingerprint density at radius 1 is 1.07 bits per heavy atom. The number of carbonyl (C=O) groups is 1. The van der Waals surface area contributed by atoms with Gasteiger partial charge in [0.15, 0.2) is 0 Å². The second-order valence-electron chi connectivity index (χ2n) is 7.20. The summed E-state index contributed by atoms with van der Waals surface area (Å²) in [4.78, 5) is 19.6. The monoisotopic (exact) mass is 417 g/mol. The van der Waals surface area contributed by atoms with Gasteiger partial charge in [-0.3, -0.25) is 4.79 Å². The van der Waals surface area contributed by atoms with Gasteiger partial charge in [-0.25, -0.2) is 0 Å². The van der Waals surface area contributed by atoms with E-state index in [9.17, 15) is 4.79 Å². The molecule has 0 saturated carbocycles. The van der Waals surface area contributed by atoms with Crippen molar-refractivity contribution >= 4 is 17.2 Å². The number of benzene rings is 2. The maximum atomic E-state index is 12.5. The molecule has 7 heteroatoms. The molecule has 0 unspecified atom stereocenters. The molecule has 1 fully saturated rings. The van der Waals surface area contributed by atoms with Crippen molar-refractivity contribution in [1.82, 2.24) is 15.0 Å². The Morgan fingerprint density at radius 3 is 2.53 bits per heavy atom. The summed E-state index contributed by atoms with van der Waals surface area (Å²) < 4.78 is 11.4. The lowest BCUT2D eigenvalue weighted by Crippen LogP contribution is -2.56. The second-order valence-corrected chi connectivity index (χ2v) is 8.11. The van der Waals surface area contributed by atoms with Gasteiger partial charge < -0.3 is 14.2 Å². The van der Waals surface area contributed by atoms with Crippen LogP contribution in [0.2, 0.25) is 0 Å². The van der Waals surface area contributed by atoms with Crippen LogP contribution in [0.25, 0.3) is 22.8 Å². The molecule has 30 heavy (non-hydrogen) atoms. The third kappa shape index (κ3) is 3.59. The molecule has 2 aromatic carbocycles. The quantitative estimate of drug-likeness (QED) is 0.472. The summed E-state index contributed by atoms with van der Waals surface area (Å²) in [5.41, 5.74) is 2.77. The van der Waals surface area contributed by atoms with Gasteiger partial charge in [0.25, 0.3) is 11.8 Å². The Bertz CT molecular complexity index is 1160. The number of nitrogens with zero attached hydrogens (tertiary/aromatic N) is 3. The fourth-order valence-corrected chi connectivity index (χ4v) is 4.22. The second kappa shape index (κ2) is 7.76. The first-order chi connectivity index (χ1) is 14.7. The number of hydrogen-bond acceptors (Lipinski definition) is 6. The summed E-state index contributed by atoms with van der Waals surface area (Å²) in [5, 5.41) is 6.00. The lowest BCUT2D eigenvalue weighted by atomic mass is 10.1. The molecule has 0 N–H and O–H groups in total. The summed E-state index contributed by atoms with van der Waals surface area (Å²) in [6.45, 7) is 3.16. The summed E-state index contributed by atoms with van der Waals surface area (Å²) in [6, 6.07) is 19.2. The van der Waals surface area contributed by atoms with Crippen molar-refractivity contribution in [3.05, 3.63) is 76.5 Å². The van der Waals surface area contributed by atoms with Gasteiger partial charge in [-0.1, -0.05) is 35.5 Å². The van der Waals surface area contributed by atoms with E-state index >= 15 is 0 Å². The number of hydrogen-bond donors (Lipinski definition) is 0. The van der Waals surface area contributed by atoms with Crippen LogP contribution in [0.15, 0.2) is 70.6 Å². The number of aryl methyl sites for hydroxylation is 1. The van der Waals surface area contributed by atoms with Crippen LogP contribution in [0.1, 0.15) is 15.2 Å². The smallest absolute Gasteiger partial charge is 0.264 e. The Kier molecular flexibility index (Phi) is 4.80. The molecule has 0 spiro atoms. The molecule has 6 nitrogen and oxygen atoms in total. The molecule has 0 radical (unpaired) electrons. The minimum atomic E-state index is 0.00755. The van der Waals surface area contributed by atoms with Gasteiger partial charge in [0.1, 0.15) is 11.9 Å². The van der Waals surface area contributed by atoms with Gasteiger partial charge in [-0.05, 0) is 48.2 Å². The Balaban J connectivity index is 1.19. The highest BCUT2D eigenvalue weighted by atomic mass is 32.1. The molecule has 150 valence electrons. The van der Waals surface area contributed by atoms with Crippen molar-refractivity contribution in [2.75, 3.05) is 13.1 Å². The number of ether oxygens (including phenoxy) is 1. The molecule has 1 aliphatic rings. The Hall–Kier alpha value is -3.45. The summed E-state index contributed by atoms with van der Waals surface area (Å²) in [5.74, 6) is 1.87. The highest BCUT2D eigenvalue weighted by molar-refractivity contribution is 7.12. The molecular weight excluding hydrogens is 398 g/mol. The zero-order valence-corrected chi connectivity index (χ0v) is 17.1. The van der Waals surface area contributed by atoms with E-state index in [2.05, 4.69) is 10.1 Å². The fraction of sp³-hybridized carbons (Fsp3) is 0.174. The van der Waals surface area contributed by atoms with Crippen LogP contribution in [0.4, 0.5) is 0 Å². The van der Waals surface area contributed by atoms with Gasteiger partial charge in [-0.2, -0.15) is 4.98 Å². The number of carbonyl (C=O) groups excluding carboxylic acids is 1. The molecule has 4 aromatic rings. The van der Waals surface area contributed by atoms with E-state index in [1.165, 1.54) is 11.3 Å². The van der Waals surface area contributed by atoms with Crippen molar-refractivity contribution < 1.29 is 14.1 Å². The molecule has 0 aliphatic carbocycles. The van der Waals surface area contributed by atoms with Crippen LogP contribution in [-0.2, 0) is 0 Å². The maximum absolute atomic E-state index is 12.5. The molecule has 3 heterocycles. The largest absolute Gasteiger partial charge is 0.487 e. The molecule has 5 rings (SSSR count). The number of rotatable bonds is 5. The number of amides is 1. The summed E-state index contributed by atoms with van der Waals surface area (Å²) >= 11 is 1.49. The minimum absolute atomic E-state index is 0.00755. The number of thiophene rings is 1. The highest BCUT2D eigenvalue weighted by Gasteiger charge is 2.33. The van der Waals surface area contributed by atoms with Crippen LogP contribution in [-0.4, -0.2) is 40.1 Å². The predicted molar refractivity (Wildman–Crippen MR) is 115 cm³/mol. The van der Waals surface area contributed by atoms with Crippen LogP contribution in [0.3, 0.4) is 0 Å². The SMILES string of the molecule is Cc1ccsc1C(=O)N1CC(Oc2ccc(-c3nc(-c4ccccc4)no3)cc2)C1. The third-order valence-corrected chi connectivity index (χ3v) is 6.06. The standard InChI is InChI=1S/C23H19N3O3S/c1-15-11-12-30-20(15)23(27)26-13-19(14-26)28-18-9-7-17(8-10-18)22-24-21(25-29-22)16-5-3-2-4-6-16/h2-12,19H,13-14H2,1H3. The molecule has 0 atom stereocenters. The van der Waals surface area contributed by atoms with E-state index in [0.717, 1.165) is 27.3 Å². The number of aromatic nitrogens is 2. The maximum Gasteiger partial charge on any atom is 0.264 e. The van der Waals surface area contributed by atoms with E-state index < -0.39 is 0 Å². The van der Waals surface area contributed by atoms with E-state index in [1.54, 1.807) is 0 Å². The van der Waals surface area contributed by atoms with Crippen LogP contribution < -0.4 is 4.74 Å². The molecular formula is C23H19N3O3S. The van der Waals surface area contributed by atoms with Crippen LogP contribution in [0, 0.1) is 6.92 Å². The van der Waals surface area contributed by atoms with E-state index in [4.69, 9.17) is 9.26 Å². The van der Waals surface area contributed by atoms with E-state index in [0.29, 0.717) is 24.8 Å². The zero-order chi connectivity index (χ0) is 20.5. The molecule has 1 amide bonds. The molecule has 0 bridgehead atoms. The van der Waals surface area contributed by atoms with Gasteiger partial charge in [0, 0.05) is 11.1 Å². The lowest BCUT2D eigenvalue weighted by molar-refractivity contribution is 0.0181. The van der Waals surface area contributed by atoms with Crippen molar-refractivity contribution in [2.24, 2.45) is 0 Å². The normalized spacial score (nSPS) is 13.8. The van der Waals surface area contributed by atoms with Crippen molar-refractivity contribution in [3.63, 3.8) is 0 Å². The number of likely N-dealkylation sites (tertiary alicyclic amines) is 1. The first-order valence-electron chi connectivity index (χ1n) is 9.67. The van der Waals surface area contributed by atoms with Gasteiger partial charge >= 0.3 is 0 Å². The Labute approximate surface area is 177 Å². The summed E-state index contributed by atoms with van der Waals surface area (Å²) in [7, 11) is 0. The van der Waals surface area contributed by atoms with Crippen LogP contribution in [0.5, 0.6) is 5.75 Å². The predicted octanol–water partition coefficient (Wildman–Crippen LogP) is 4.68. The average Bonchev–Trinajstić information content (AvgIpc) is 3.40. The lowest BCUT2D eigenvalue weighted by Gasteiger charge is -2.38. The van der Waals surface area contributed by atoms with Crippen molar-refractivity contribution in [2.45, 2.75) is 13.0 Å². The van der Waals surface area contributed by atoms with Gasteiger partial charge in [-0.15, -0.1) is 11.3 Å². The fourth-order valence-electron chi connectivity index (χ4n) is 3.33. The van der Waals surface area contributed by atoms with Gasteiger partial charge in [0.2, 0.25) is 5.82 Å². The van der Waals surface area contributed by atoms with Crippen LogP contribution >= 0.6 is 11.3 Å². The molecule has 2 aromatic heterocycles. The molecule has 1 saturated heterocycles. The minimum Gasteiger partial charge on any atom is -0.487 e. The highest BCUT2D eigenvalue weighted by Crippen LogP contribution is 2.27. The van der Waals surface area contributed by atoms with E-state index in [-0.39, 0.29) is 12.0 Å². The zero-order valence-electron chi connectivity index (χ0n) is 16.3. The first kappa shape index (κ1) is 18.6. The molecule has 1 aliphatic heterocycles. The Morgan fingerprint density at radius 2 is 1.83 bits per heavy atom. The van der Waals surface area contributed by atoms with E-state index in [1.807, 2.05) is 77.9 Å². The van der Waals surface area contributed by atoms with Crippen molar-refractivity contribution in [1.29, 1.82) is 0 Å². The van der Waals surface area contributed by atoms with Crippen molar-refractivity contribution in [3.8, 4) is 28.6 Å². The first-order valence-corrected chi connectivity index (χ1v) is 10.5. The average molecular weight is 417 g/mol.